The monoisotopic (exact) mass is 243 g/mol. The number of aryl methyl sites for hydroxylation is 2. The first-order chi connectivity index (χ1) is 8.44. The van der Waals surface area contributed by atoms with Crippen LogP contribution in [0.5, 0.6) is 0 Å². The van der Waals surface area contributed by atoms with Crippen LogP contribution in [0.15, 0.2) is 30.3 Å². The largest absolute Gasteiger partial charge is 0.330 e. The second-order valence-corrected chi connectivity index (χ2v) is 5.51. The third-order valence-electron chi connectivity index (χ3n) is 3.37. The van der Waals surface area contributed by atoms with Gasteiger partial charge in [0.15, 0.2) is 0 Å². The van der Waals surface area contributed by atoms with Gasteiger partial charge in [-0.3, -0.25) is 0 Å². The summed E-state index contributed by atoms with van der Waals surface area (Å²) in [5.74, 6) is 0. The Balaban J connectivity index is 2.44. The first kappa shape index (κ1) is 12.8. The first-order valence-corrected chi connectivity index (χ1v) is 6.28. The van der Waals surface area contributed by atoms with Crippen molar-refractivity contribution in [1.29, 1.82) is 0 Å². The summed E-state index contributed by atoms with van der Waals surface area (Å²) in [5, 5.41) is 4.69. The lowest BCUT2D eigenvalue weighted by Crippen LogP contribution is -2.28. The molecule has 0 unspecified atom stereocenters. The van der Waals surface area contributed by atoms with Gasteiger partial charge in [0, 0.05) is 17.7 Å². The van der Waals surface area contributed by atoms with E-state index in [1.807, 2.05) is 4.68 Å². The molecule has 0 amide bonds. The number of nitrogens with two attached hydrogens (primary N) is 1. The predicted molar refractivity (Wildman–Crippen MR) is 75.1 cm³/mol. The predicted octanol–water partition coefficient (Wildman–Crippen LogP) is 2.73. The SMILES string of the molecule is Cc1ccc(-n2nc(C(C)(C)CN)cc2C)cc1. The molecule has 0 fully saturated rings. The number of rotatable bonds is 3. The second kappa shape index (κ2) is 4.58. The summed E-state index contributed by atoms with van der Waals surface area (Å²) < 4.78 is 1.98. The maximum Gasteiger partial charge on any atom is 0.0700 e. The highest BCUT2D eigenvalue weighted by Crippen LogP contribution is 2.23. The molecule has 2 N–H and O–H groups in total. The lowest BCUT2D eigenvalue weighted by molar-refractivity contribution is 0.515. The van der Waals surface area contributed by atoms with Gasteiger partial charge in [0.2, 0.25) is 0 Å². The van der Waals surface area contributed by atoms with E-state index in [1.165, 1.54) is 5.56 Å². The molecule has 0 spiro atoms. The van der Waals surface area contributed by atoms with Gasteiger partial charge in [-0.2, -0.15) is 5.10 Å². The van der Waals surface area contributed by atoms with Crippen molar-refractivity contribution in [3.8, 4) is 5.69 Å². The zero-order chi connectivity index (χ0) is 13.3. The molecule has 18 heavy (non-hydrogen) atoms. The topological polar surface area (TPSA) is 43.8 Å². The van der Waals surface area contributed by atoms with Crippen LogP contribution >= 0.6 is 0 Å². The van der Waals surface area contributed by atoms with Crippen LogP contribution in [0.2, 0.25) is 0 Å². The van der Waals surface area contributed by atoms with Crippen LogP contribution in [-0.4, -0.2) is 16.3 Å². The Bertz CT molecular complexity index is 535. The third-order valence-corrected chi connectivity index (χ3v) is 3.37. The Labute approximate surface area is 109 Å². The number of benzene rings is 1. The minimum absolute atomic E-state index is 0.0826. The summed E-state index contributed by atoms with van der Waals surface area (Å²) in [7, 11) is 0. The zero-order valence-electron chi connectivity index (χ0n) is 11.6. The molecule has 1 aromatic heterocycles. The molecule has 2 aromatic rings. The minimum atomic E-state index is -0.0826. The summed E-state index contributed by atoms with van der Waals surface area (Å²) in [4.78, 5) is 0. The van der Waals surface area contributed by atoms with Crippen molar-refractivity contribution in [2.24, 2.45) is 5.73 Å². The molecule has 0 radical (unpaired) electrons. The fourth-order valence-corrected chi connectivity index (χ4v) is 1.86. The molecule has 0 aliphatic carbocycles. The lowest BCUT2D eigenvalue weighted by Gasteiger charge is -2.19. The van der Waals surface area contributed by atoms with Gasteiger partial charge in [-0.05, 0) is 32.0 Å². The van der Waals surface area contributed by atoms with Gasteiger partial charge in [-0.25, -0.2) is 4.68 Å². The molecule has 0 saturated carbocycles. The van der Waals surface area contributed by atoms with E-state index >= 15 is 0 Å². The fraction of sp³-hybridized carbons (Fsp3) is 0.400. The molecule has 0 bridgehead atoms. The highest BCUT2D eigenvalue weighted by atomic mass is 15.3. The van der Waals surface area contributed by atoms with E-state index in [0.29, 0.717) is 6.54 Å². The molecule has 0 atom stereocenters. The molecule has 3 heteroatoms. The van der Waals surface area contributed by atoms with Gasteiger partial charge in [0.25, 0.3) is 0 Å². The summed E-state index contributed by atoms with van der Waals surface area (Å²) in [6, 6.07) is 10.5. The van der Waals surface area contributed by atoms with Gasteiger partial charge in [0.1, 0.15) is 0 Å². The Kier molecular flexibility index (Phi) is 3.26. The molecular formula is C15H21N3. The first-order valence-electron chi connectivity index (χ1n) is 6.28. The molecule has 1 heterocycles. The Morgan fingerprint density at radius 2 is 1.78 bits per heavy atom. The standard InChI is InChI=1S/C15H21N3/c1-11-5-7-13(8-6-11)18-12(2)9-14(17-18)15(3,4)10-16/h5-9H,10,16H2,1-4H3. The van der Waals surface area contributed by atoms with E-state index in [4.69, 9.17) is 5.73 Å². The van der Waals surface area contributed by atoms with Crippen molar-refractivity contribution >= 4 is 0 Å². The van der Waals surface area contributed by atoms with Crippen molar-refractivity contribution in [3.05, 3.63) is 47.3 Å². The maximum absolute atomic E-state index is 5.81. The maximum atomic E-state index is 5.81. The van der Waals surface area contributed by atoms with Crippen LogP contribution in [0, 0.1) is 13.8 Å². The number of hydrogen-bond acceptors (Lipinski definition) is 2. The molecule has 0 aliphatic heterocycles. The Morgan fingerprint density at radius 1 is 1.17 bits per heavy atom. The van der Waals surface area contributed by atoms with Gasteiger partial charge in [-0.1, -0.05) is 31.5 Å². The average molecular weight is 243 g/mol. The zero-order valence-corrected chi connectivity index (χ0v) is 11.6. The highest BCUT2D eigenvalue weighted by molar-refractivity contribution is 5.36. The lowest BCUT2D eigenvalue weighted by atomic mass is 9.90. The van der Waals surface area contributed by atoms with Gasteiger partial charge < -0.3 is 5.73 Å². The molecule has 0 aliphatic rings. The normalized spacial score (nSPS) is 11.8. The fourth-order valence-electron chi connectivity index (χ4n) is 1.86. The smallest absolute Gasteiger partial charge is 0.0700 e. The van der Waals surface area contributed by atoms with E-state index in [-0.39, 0.29) is 5.41 Å². The number of nitrogens with zero attached hydrogens (tertiary/aromatic N) is 2. The molecular weight excluding hydrogens is 222 g/mol. The highest BCUT2D eigenvalue weighted by Gasteiger charge is 2.22. The van der Waals surface area contributed by atoms with Crippen molar-refractivity contribution in [2.75, 3.05) is 6.54 Å². The second-order valence-electron chi connectivity index (χ2n) is 5.51. The van der Waals surface area contributed by atoms with Crippen molar-refractivity contribution < 1.29 is 0 Å². The molecule has 96 valence electrons. The third kappa shape index (κ3) is 2.31. The van der Waals surface area contributed by atoms with E-state index in [2.05, 4.69) is 63.1 Å². The van der Waals surface area contributed by atoms with Gasteiger partial charge in [-0.15, -0.1) is 0 Å². The van der Waals surface area contributed by atoms with Crippen LogP contribution in [0.3, 0.4) is 0 Å². The van der Waals surface area contributed by atoms with Gasteiger partial charge >= 0.3 is 0 Å². The van der Waals surface area contributed by atoms with Crippen LogP contribution in [-0.2, 0) is 5.41 Å². The van der Waals surface area contributed by atoms with Crippen molar-refractivity contribution in [1.82, 2.24) is 9.78 Å². The van der Waals surface area contributed by atoms with Crippen LogP contribution in [0.4, 0.5) is 0 Å². The Hall–Kier alpha value is -1.61. The van der Waals surface area contributed by atoms with E-state index in [9.17, 15) is 0 Å². The number of aromatic nitrogens is 2. The number of hydrogen-bond donors (Lipinski definition) is 1. The van der Waals surface area contributed by atoms with Crippen LogP contribution in [0.25, 0.3) is 5.69 Å². The van der Waals surface area contributed by atoms with Crippen LogP contribution in [0.1, 0.15) is 30.8 Å². The van der Waals surface area contributed by atoms with E-state index in [1.54, 1.807) is 0 Å². The summed E-state index contributed by atoms with van der Waals surface area (Å²) >= 11 is 0. The van der Waals surface area contributed by atoms with E-state index < -0.39 is 0 Å². The molecule has 1 aromatic carbocycles. The summed E-state index contributed by atoms with van der Waals surface area (Å²) in [5.41, 5.74) is 10.3. The van der Waals surface area contributed by atoms with Crippen LogP contribution < -0.4 is 5.73 Å². The van der Waals surface area contributed by atoms with Gasteiger partial charge in [0.05, 0.1) is 11.4 Å². The average Bonchev–Trinajstić information content (AvgIpc) is 2.73. The quantitative estimate of drug-likeness (QED) is 0.900. The summed E-state index contributed by atoms with van der Waals surface area (Å²) in [6.45, 7) is 8.99. The molecule has 2 rings (SSSR count). The van der Waals surface area contributed by atoms with E-state index in [0.717, 1.165) is 17.1 Å². The molecule has 3 nitrogen and oxygen atoms in total. The molecule has 0 saturated heterocycles. The Morgan fingerprint density at radius 3 is 2.33 bits per heavy atom. The van der Waals surface area contributed by atoms with Crippen molar-refractivity contribution in [2.45, 2.75) is 33.1 Å². The minimum Gasteiger partial charge on any atom is -0.330 e. The van der Waals surface area contributed by atoms with Crippen molar-refractivity contribution in [3.63, 3.8) is 0 Å². The summed E-state index contributed by atoms with van der Waals surface area (Å²) in [6.07, 6.45) is 0.